The summed E-state index contributed by atoms with van der Waals surface area (Å²) >= 11 is 0. The zero-order valence-electron chi connectivity index (χ0n) is 11.7. The Balaban J connectivity index is 2.85. The lowest BCUT2D eigenvalue weighted by molar-refractivity contribution is -0.129. The molecule has 1 aromatic carbocycles. The third-order valence-corrected chi connectivity index (χ3v) is 2.88. The first-order valence-corrected chi connectivity index (χ1v) is 6.21. The van der Waals surface area contributed by atoms with E-state index in [1.807, 2.05) is 18.2 Å². The van der Waals surface area contributed by atoms with Gasteiger partial charge in [0, 0.05) is 26.7 Å². The van der Waals surface area contributed by atoms with Gasteiger partial charge in [0.1, 0.15) is 0 Å². The number of carbonyl (C=O) groups excluding carboxylic acids is 2. The second kappa shape index (κ2) is 6.89. The molecular weight excluding hydrogens is 242 g/mol. The van der Waals surface area contributed by atoms with Crippen LogP contribution in [-0.4, -0.2) is 55.8 Å². The smallest absolute Gasteiger partial charge is 0.254 e. The quantitative estimate of drug-likeness (QED) is 0.833. The fourth-order valence-corrected chi connectivity index (χ4v) is 1.72. The summed E-state index contributed by atoms with van der Waals surface area (Å²) < 4.78 is 0. The summed E-state index contributed by atoms with van der Waals surface area (Å²) in [7, 11) is 4.97. The van der Waals surface area contributed by atoms with Crippen LogP contribution in [0.3, 0.4) is 0 Å². The summed E-state index contributed by atoms with van der Waals surface area (Å²) in [6.45, 7) is 0.563. The molecule has 2 N–H and O–H groups in total. The second-order valence-electron chi connectivity index (χ2n) is 4.65. The Morgan fingerprint density at radius 2 is 1.79 bits per heavy atom. The van der Waals surface area contributed by atoms with Crippen molar-refractivity contribution < 1.29 is 9.59 Å². The van der Waals surface area contributed by atoms with Crippen LogP contribution < -0.4 is 5.73 Å². The second-order valence-corrected chi connectivity index (χ2v) is 4.65. The summed E-state index contributed by atoms with van der Waals surface area (Å²) in [6.07, 6.45) is 0.650. The SMILES string of the molecule is CN(C)C(=O)CN(C)C(=O)c1ccccc1CCN. The molecule has 0 aromatic heterocycles. The third-order valence-electron chi connectivity index (χ3n) is 2.88. The zero-order valence-corrected chi connectivity index (χ0v) is 11.7. The highest BCUT2D eigenvalue weighted by Crippen LogP contribution is 2.11. The predicted molar refractivity (Wildman–Crippen MR) is 74.9 cm³/mol. The monoisotopic (exact) mass is 263 g/mol. The summed E-state index contributed by atoms with van der Waals surface area (Å²) in [6, 6.07) is 7.35. The van der Waals surface area contributed by atoms with Crippen LogP contribution >= 0.6 is 0 Å². The maximum Gasteiger partial charge on any atom is 0.254 e. The van der Waals surface area contributed by atoms with Crippen molar-refractivity contribution in [2.24, 2.45) is 5.73 Å². The number of nitrogens with two attached hydrogens (primary N) is 1. The Morgan fingerprint density at radius 3 is 2.37 bits per heavy atom. The van der Waals surface area contributed by atoms with Gasteiger partial charge in [-0.3, -0.25) is 9.59 Å². The van der Waals surface area contributed by atoms with Gasteiger partial charge >= 0.3 is 0 Å². The average Bonchev–Trinajstić information content (AvgIpc) is 2.38. The van der Waals surface area contributed by atoms with Crippen LogP contribution in [0.15, 0.2) is 24.3 Å². The molecule has 0 saturated heterocycles. The fraction of sp³-hybridized carbons (Fsp3) is 0.429. The highest BCUT2D eigenvalue weighted by Gasteiger charge is 2.18. The van der Waals surface area contributed by atoms with Gasteiger partial charge in [-0.2, -0.15) is 0 Å². The molecule has 2 amide bonds. The molecule has 0 bridgehead atoms. The van der Waals surface area contributed by atoms with Crippen LogP contribution in [0.25, 0.3) is 0 Å². The Hall–Kier alpha value is -1.88. The maximum absolute atomic E-state index is 12.3. The zero-order chi connectivity index (χ0) is 14.4. The number of hydrogen-bond acceptors (Lipinski definition) is 3. The van der Waals surface area contributed by atoms with Crippen molar-refractivity contribution in [1.82, 2.24) is 9.80 Å². The predicted octanol–water partition coefficient (Wildman–Crippen LogP) is 0.348. The number of likely N-dealkylation sites (N-methyl/N-ethyl adjacent to an activating group) is 2. The molecule has 0 aliphatic carbocycles. The van der Waals surface area contributed by atoms with Crippen molar-refractivity contribution in [1.29, 1.82) is 0 Å². The van der Waals surface area contributed by atoms with E-state index in [9.17, 15) is 9.59 Å². The number of nitrogens with zero attached hydrogens (tertiary/aromatic N) is 2. The normalized spacial score (nSPS) is 10.1. The molecule has 0 fully saturated rings. The van der Waals surface area contributed by atoms with Crippen molar-refractivity contribution in [3.05, 3.63) is 35.4 Å². The molecule has 0 heterocycles. The van der Waals surface area contributed by atoms with E-state index in [0.29, 0.717) is 18.5 Å². The van der Waals surface area contributed by atoms with E-state index >= 15 is 0 Å². The van der Waals surface area contributed by atoms with Gasteiger partial charge < -0.3 is 15.5 Å². The molecule has 0 aliphatic heterocycles. The number of hydrogen-bond donors (Lipinski definition) is 1. The lowest BCUT2D eigenvalue weighted by Crippen LogP contribution is -2.38. The summed E-state index contributed by atoms with van der Waals surface area (Å²) in [5.41, 5.74) is 7.07. The minimum Gasteiger partial charge on any atom is -0.347 e. The Morgan fingerprint density at radius 1 is 1.16 bits per heavy atom. The summed E-state index contributed by atoms with van der Waals surface area (Å²) in [5.74, 6) is -0.258. The first-order chi connectivity index (χ1) is 8.97. The molecule has 5 nitrogen and oxygen atoms in total. The summed E-state index contributed by atoms with van der Waals surface area (Å²) in [5, 5.41) is 0. The van der Waals surface area contributed by atoms with Crippen LogP contribution in [0.5, 0.6) is 0 Å². The number of amides is 2. The van der Waals surface area contributed by atoms with Gasteiger partial charge in [0.25, 0.3) is 5.91 Å². The minimum absolute atomic E-state index is 0.0722. The lowest BCUT2D eigenvalue weighted by atomic mass is 10.0. The molecule has 0 aliphatic rings. The van der Waals surface area contributed by atoms with Crippen molar-refractivity contribution >= 4 is 11.8 Å². The van der Waals surface area contributed by atoms with Gasteiger partial charge in [-0.05, 0) is 24.6 Å². The number of carbonyl (C=O) groups is 2. The molecule has 0 saturated carbocycles. The molecule has 1 aromatic rings. The number of benzene rings is 1. The van der Waals surface area contributed by atoms with E-state index in [-0.39, 0.29) is 18.4 Å². The first kappa shape index (κ1) is 15.2. The Labute approximate surface area is 114 Å². The van der Waals surface area contributed by atoms with Gasteiger partial charge in [-0.25, -0.2) is 0 Å². The van der Waals surface area contributed by atoms with E-state index < -0.39 is 0 Å². The first-order valence-electron chi connectivity index (χ1n) is 6.21. The van der Waals surface area contributed by atoms with Gasteiger partial charge in [0.15, 0.2) is 0 Å². The van der Waals surface area contributed by atoms with Crippen LogP contribution in [0.2, 0.25) is 0 Å². The Kier molecular flexibility index (Phi) is 5.51. The molecule has 104 valence electrons. The topological polar surface area (TPSA) is 66.6 Å². The molecule has 0 atom stereocenters. The third kappa shape index (κ3) is 4.06. The van der Waals surface area contributed by atoms with Gasteiger partial charge in [0.05, 0.1) is 6.54 Å². The minimum atomic E-state index is -0.153. The standard InChI is InChI=1S/C14H21N3O2/c1-16(2)13(18)10-17(3)14(19)12-7-5-4-6-11(12)8-9-15/h4-7H,8-10,15H2,1-3H3. The van der Waals surface area contributed by atoms with Gasteiger partial charge in [0.2, 0.25) is 5.91 Å². The van der Waals surface area contributed by atoms with Crippen molar-refractivity contribution in [2.75, 3.05) is 34.2 Å². The van der Waals surface area contributed by atoms with Gasteiger partial charge in [-0.1, -0.05) is 18.2 Å². The number of rotatable bonds is 5. The van der Waals surface area contributed by atoms with Crippen molar-refractivity contribution in [3.63, 3.8) is 0 Å². The van der Waals surface area contributed by atoms with E-state index in [2.05, 4.69) is 0 Å². The molecular formula is C14H21N3O2. The molecule has 0 spiro atoms. The average molecular weight is 263 g/mol. The molecule has 0 unspecified atom stereocenters. The summed E-state index contributed by atoms with van der Waals surface area (Å²) in [4.78, 5) is 26.8. The molecule has 0 radical (unpaired) electrons. The van der Waals surface area contributed by atoms with Crippen molar-refractivity contribution in [3.8, 4) is 0 Å². The maximum atomic E-state index is 12.3. The molecule has 5 heteroatoms. The van der Waals surface area contributed by atoms with E-state index in [1.54, 1.807) is 27.2 Å². The largest absolute Gasteiger partial charge is 0.347 e. The van der Waals surface area contributed by atoms with Crippen LogP contribution in [0.1, 0.15) is 15.9 Å². The molecule has 19 heavy (non-hydrogen) atoms. The van der Waals surface area contributed by atoms with Gasteiger partial charge in [-0.15, -0.1) is 0 Å². The molecule has 1 rings (SSSR count). The van der Waals surface area contributed by atoms with E-state index in [0.717, 1.165) is 5.56 Å². The van der Waals surface area contributed by atoms with E-state index in [4.69, 9.17) is 5.73 Å². The lowest BCUT2D eigenvalue weighted by Gasteiger charge is -2.20. The highest BCUT2D eigenvalue weighted by molar-refractivity contribution is 5.97. The highest BCUT2D eigenvalue weighted by atomic mass is 16.2. The van der Waals surface area contributed by atoms with Crippen LogP contribution in [0, 0.1) is 0 Å². The Bertz CT molecular complexity index is 458. The fourth-order valence-electron chi connectivity index (χ4n) is 1.72. The van der Waals surface area contributed by atoms with Crippen molar-refractivity contribution in [2.45, 2.75) is 6.42 Å². The van der Waals surface area contributed by atoms with Crippen LogP contribution in [-0.2, 0) is 11.2 Å². The van der Waals surface area contributed by atoms with E-state index in [1.165, 1.54) is 9.80 Å². The van der Waals surface area contributed by atoms with Crippen LogP contribution in [0.4, 0.5) is 0 Å².